The van der Waals surface area contributed by atoms with Crippen molar-refractivity contribution < 1.29 is 4.74 Å². The first kappa shape index (κ1) is 14.5. The maximum atomic E-state index is 5.27. The molecule has 3 rings (SSSR count). The van der Waals surface area contributed by atoms with Crippen LogP contribution in [0.25, 0.3) is 16.9 Å². The van der Waals surface area contributed by atoms with Crippen molar-refractivity contribution in [2.45, 2.75) is 20.8 Å². The van der Waals surface area contributed by atoms with Gasteiger partial charge in [-0.1, -0.05) is 18.2 Å². The van der Waals surface area contributed by atoms with Crippen molar-refractivity contribution in [3.63, 3.8) is 0 Å². The molecular formula is C20H21NO. The number of para-hydroxylation sites is 1. The summed E-state index contributed by atoms with van der Waals surface area (Å²) in [4.78, 5) is 0. The van der Waals surface area contributed by atoms with Crippen molar-refractivity contribution in [2.75, 3.05) is 7.11 Å². The number of benzene rings is 2. The molecule has 22 heavy (non-hydrogen) atoms. The Labute approximate surface area is 132 Å². The highest BCUT2D eigenvalue weighted by Crippen LogP contribution is 2.34. The van der Waals surface area contributed by atoms with Gasteiger partial charge >= 0.3 is 0 Å². The Morgan fingerprint density at radius 3 is 2.00 bits per heavy atom. The first-order chi connectivity index (χ1) is 10.6. The van der Waals surface area contributed by atoms with Crippen LogP contribution in [-0.4, -0.2) is 11.7 Å². The van der Waals surface area contributed by atoms with Gasteiger partial charge in [-0.05, 0) is 73.9 Å². The van der Waals surface area contributed by atoms with Gasteiger partial charge in [0.1, 0.15) is 5.75 Å². The van der Waals surface area contributed by atoms with Crippen molar-refractivity contribution in [3.05, 3.63) is 71.4 Å². The fraction of sp³-hybridized carbons (Fsp3) is 0.200. The first-order valence-corrected chi connectivity index (χ1v) is 7.52. The molecule has 0 fully saturated rings. The first-order valence-electron chi connectivity index (χ1n) is 7.52. The van der Waals surface area contributed by atoms with Crippen LogP contribution in [0, 0.1) is 20.8 Å². The van der Waals surface area contributed by atoms with Gasteiger partial charge in [0.25, 0.3) is 0 Å². The number of hydrogen-bond acceptors (Lipinski definition) is 1. The highest BCUT2D eigenvalue weighted by molar-refractivity contribution is 5.70. The van der Waals surface area contributed by atoms with Crippen molar-refractivity contribution >= 4 is 0 Å². The molecule has 1 heterocycles. The second-order valence-electron chi connectivity index (χ2n) is 5.58. The molecule has 0 aliphatic heterocycles. The molecule has 0 saturated carbocycles. The summed E-state index contributed by atoms with van der Waals surface area (Å²) in [5.74, 6) is 0.882. The van der Waals surface area contributed by atoms with E-state index in [1.54, 1.807) is 7.11 Å². The van der Waals surface area contributed by atoms with Crippen LogP contribution in [0.4, 0.5) is 0 Å². The van der Waals surface area contributed by atoms with E-state index in [9.17, 15) is 0 Å². The monoisotopic (exact) mass is 291 g/mol. The van der Waals surface area contributed by atoms with Gasteiger partial charge < -0.3 is 9.30 Å². The van der Waals surface area contributed by atoms with E-state index in [0.717, 1.165) is 5.75 Å². The van der Waals surface area contributed by atoms with E-state index in [4.69, 9.17) is 4.74 Å². The van der Waals surface area contributed by atoms with Crippen molar-refractivity contribution in [2.24, 2.45) is 0 Å². The zero-order valence-corrected chi connectivity index (χ0v) is 13.6. The lowest BCUT2D eigenvalue weighted by molar-refractivity contribution is 0.415. The lowest BCUT2D eigenvalue weighted by Crippen LogP contribution is -1.99. The molecule has 0 aliphatic carbocycles. The van der Waals surface area contributed by atoms with Gasteiger partial charge in [0, 0.05) is 11.4 Å². The molecule has 0 spiro atoms. The van der Waals surface area contributed by atoms with Crippen LogP contribution in [0.3, 0.4) is 0 Å². The van der Waals surface area contributed by atoms with Crippen molar-refractivity contribution in [3.8, 4) is 22.7 Å². The second kappa shape index (κ2) is 5.72. The maximum Gasteiger partial charge on any atom is 0.118 e. The number of aromatic nitrogens is 1. The van der Waals surface area contributed by atoms with Crippen LogP contribution < -0.4 is 4.74 Å². The Morgan fingerprint density at radius 2 is 1.41 bits per heavy atom. The van der Waals surface area contributed by atoms with Gasteiger partial charge in [0.2, 0.25) is 0 Å². The summed E-state index contributed by atoms with van der Waals surface area (Å²) in [6.45, 7) is 6.57. The van der Waals surface area contributed by atoms with E-state index < -0.39 is 0 Å². The zero-order valence-electron chi connectivity index (χ0n) is 13.6. The van der Waals surface area contributed by atoms with Gasteiger partial charge in [-0.15, -0.1) is 0 Å². The largest absolute Gasteiger partial charge is 0.497 e. The van der Waals surface area contributed by atoms with Crippen LogP contribution in [-0.2, 0) is 0 Å². The Morgan fingerprint density at radius 1 is 0.773 bits per heavy atom. The highest BCUT2D eigenvalue weighted by atomic mass is 16.5. The van der Waals surface area contributed by atoms with E-state index in [2.05, 4.69) is 67.8 Å². The average Bonchev–Trinajstić information content (AvgIpc) is 2.80. The highest BCUT2D eigenvalue weighted by Gasteiger charge is 2.17. The molecule has 0 N–H and O–H groups in total. The molecule has 0 radical (unpaired) electrons. The minimum atomic E-state index is 0.882. The minimum absolute atomic E-state index is 0.882. The Bertz CT molecular complexity index is 783. The fourth-order valence-electron chi connectivity index (χ4n) is 2.95. The smallest absolute Gasteiger partial charge is 0.118 e. The molecule has 1 aromatic heterocycles. The summed E-state index contributed by atoms with van der Waals surface area (Å²) in [5.41, 5.74) is 7.61. The molecule has 112 valence electrons. The normalized spacial score (nSPS) is 10.7. The number of ether oxygens (including phenoxy) is 1. The van der Waals surface area contributed by atoms with Gasteiger partial charge in [0.15, 0.2) is 0 Å². The van der Waals surface area contributed by atoms with E-state index in [1.165, 1.54) is 33.8 Å². The Balaban J connectivity index is 2.24. The van der Waals surface area contributed by atoms with E-state index in [1.807, 2.05) is 12.1 Å². The summed E-state index contributed by atoms with van der Waals surface area (Å²) >= 11 is 0. The number of nitrogens with zero attached hydrogens (tertiary/aromatic N) is 1. The zero-order chi connectivity index (χ0) is 15.7. The van der Waals surface area contributed by atoms with Crippen LogP contribution in [0.1, 0.15) is 16.8 Å². The van der Waals surface area contributed by atoms with E-state index >= 15 is 0 Å². The molecule has 0 bridgehead atoms. The second-order valence-corrected chi connectivity index (χ2v) is 5.58. The SMILES string of the molecule is COc1ccc(-c2c(C)c(C)c(C)n2-c2ccccc2)cc1. The van der Waals surface area contributed by atoms with Crippen LogP contribution in [0.15, 0.2) is 54.6 Å². The molecular weight excluding hydrogens is 270 g/mol. The lowest BCUT2D eigenvalue weighted by atomic mass is 10.1. The summed E-state index contributed by atoms with van der Waals surface area (Å²) in [7, 11) is 1.70. The molecule has 3 aromatic rings. The summed E-state index contributed by atoms with van der Waals surface area (Å²) in [6, 6.07) is 18.8. The summed E-state index contributed by atoms with van der Waals surface area (Å²) in [5, 5.41) is 0. The molecule has 0 atom stereocenters. The van der Waals surface area contributed by atoms with Gasteiger partial charge in [-0.3, -0.25) is 0 Å². The Kier molecular flexibility index (Phi) is 3.76. The molecule has 2 nitrogen and oxygen atoms in total. The third-order valence-corrected chi connectivity index (χ3v) is 4.40. The number of methoxy groups -OCH3 is 1. The third-order valence-electron chi connectivity index (χ3n) is 4.40. The lowest BCUT2D eigenvalue weighted by Gasteiger charge is -2.13. The van der Waals surface area contributed by atoms with Crippen molar-refractivity contribution in [1.82, 2.24) is 4.57 Å². The maximum absolute atomic E-state index is 5.27. The van der Waals surface area contributed by atoms with Crippen LogP contribution >= 0.6 is 0 Å². The molecule has 0 aliphatic rings. The number of hydrogen-bond donors (Lipinski definition) is 0. The standard InChI is InChI=1S/C20H21NO/c1-14-15(2)20(17-10-12-19(22-4)13-11-17)21(16(14)3)18-8-6-5-7-9-18/h5-13H,1-4H3. The van der Waals surface area contributed by atoms with E-state index in [0.29, 0.717) is 0 Å². The van der Waals surface area contributed by atoms with Crippen molar-refractivity contribution in [1.29, 1.82) is 0 Å². The van der Waals surface area contributed by atoms with Gasteiger partial charge in [-0.2, -0.15) is 0 Å². The summed E-state index contributed by atoms with van der Waals surface area (Å²) in [6.07, 6.45) is 0. The van der Waals surface area contributed by atoms with Gasteiger partial charge in [-0.25, -0.2) is 0 Å². The fourth-order valence-corrected chi connectivity index (χ4v) is 2.95. The minimum Gasteiger partial charge on any atom is -0.497 e. The van der Waals surface area contributed by atoms with Gasteiger partial charge in [0.05, 0.1) is 12.8 Å². The van der Waals surface area contributed by atoms with Crippen LogP contribution in [0.5, 0.6) is 5.75 Å². The van der Waals surface area contributed by atoms with E-state index in [-0.39, 0.29) is 0 Å². The molecule has 0 unspecified atom stereocenters. The average molecular weight is 291 g/mol. The Hall–Kier alpha value is -2.48. The molecule has 0 saturated heterocycles. The molecule has 2 heteroatoms. The molecule has 2 aromatic carbocycles. The number of rotatable bonds is 3. The quantitative estimate of drug-likeness (QED) is 0.656. The predicted octanol–water partition coefficient (Wildman–Crippen LogP) is 5.08. The summed E-state index contributed by atoms with van der Waals surface area (Å²) < 4.78 is 7.61. The van der Waals surface area contributed by atoms with Crippen LogP contribution in [0.2, 0.25) is 0 Å². The topological polar surface area (TPSA) is 14.2 Å². The third kappa shape index (κ3) is 2.31. The molecule has 0 amide bonds. The predicted molar refractivity (Wildman–Crippen MR) is 92.0 cm³/mol.